The molecule has 1 amide bonds. The number of hydrogen-bond donors (Lipinski definition) is 1. The average molecular weight is 377 g/mol. The summed E-state index contributed by atoms with van der Waals surface area (Å²) in [5.41, 5.74) is 0.302. The Kier molecular flexibility index (Phi) is 4.61. The number of nitrogens with one attached hydrogen (secondary N) is 1. The van der Waals surface area contributed by atoms with Gasteiger partial charge in [0.25, 0.3) is 5.91 Å². The van der Waals surface area contributed by atoms with Crippen LogP contribution in [-0.4, -0.2) is 19.5 Å². The molecule has 0 unspecified atom stereocenters. The normalized spacial score (nSPS) is 11.3. The summed E-state index contributed by atoms with van der Waals surface area (Å²) in [6.45, 7) is 1.71. The molecule has 0 saturated heterocycles. The molecule has 0 spiro atoms. The lowest BCUT2D eigenvalue weighted by Crippen LogP contribution is -2.12. The maximum Gasteiger partial charge on any atom is 0.256 e. The predicted molar refractivity (Wildman–Crippen MR) is 92.5 cm³/mol. The maximum atomic E-state index is 12.6. The van der Waals surface area contributed by atoms with Gasteiger partial charge in [-0.25, -0.2) is 8.42 Å². The number of rotatable bonds is 4. The fraction of sp³-hybridized carbons (Fsp3) is 0.0588. The Labute approximate surface area is 149 Å². The zero-order valence-corrected chi connectivity index (χ0v) is 14.6. The molecule has 1 N–H and O–H groups in total. The van der Waals surface area contributed by atoms with Crippen molar-refractivity contribution >= 4 is 33.2 Å². The number of anilines is 1. The number of sulfone groups is 1. The third-order valence-corrected chi connectivity index (χ3v) is 5.46. The van der Waals surface area contributed by atoms with Gasteiger partial charge in [-0.15, -0.1) is 0 Å². The van der Waals surface area contributed by atoms with Crippen LogP contribution in [0.5, 0.6) is 0 Å². The Morgan fingerprint density at radius 1 is 1.04 bits per heavy atom. The molecule has 6 nitrogen and oxygen atoms in total. The quantitative estimate of drug-likeness (QED) is 0.749. The maximum absolute atomic E-state index is 12.6. The lowest BCUT2D eigenvalue weighted by Gasteiger charge is -2.06. The van der Waals surface area contributed by atoms with E-state index in [4.69, 9.17) is 16.1 Å². The number of benzene rings is 2. The van der Waals surface area contributed by atoms with Crippen LogP contribution in [-0.2, 0) is 9.84 Å². The Balaban J connectivity index is 1.81. The first-order valence-electron chi connectivity index (χ1n) is 7.22. The third kappa shape index (κ3) is 3.72. The first-order chi connectivity index (χ1) is 11.9. The van der Waals surface area contributed by atoms with Crippen molar-refractivity contribution < 1.29 is 17.7 Å². The van der Waals surface area contributed by atoms with Gasteiger partial charge in [0.2, 0.25) is 9.84 Å². The van der Waals surface area contributed by atoms with Crippen molar-refractivity contribution in [3.8, 4) is 0 Å². The van der Waals surface area contributed by atoms with Gasteiger partial charge >= 0.3 is 0 Å². The van der Waals surface area contributed by atoms with E-state index < -0.39 is 15.7 Å². The molecule has 0 aliphatic rings. The Hall–Kier alpha value is -2.64. The van der Waals surface area contributed by atoms with E-state index in [2.05, 4.69) is 10.5 Å². The molecule has 0 saturated carbocycles. The summed E-state index contributed by atoms with van der Waals surface area (Å²) in [7, 11) is -3.67. The first-order valence-corrected chi connectivity index (χ1v) is 9.08. The molecule has 1 aromatic heterocycles. The van der Waals surface area contributed by atoms with Crippen molar-refractivity contribution in [2.75, 3.05) is 5.32 Å². The van der Waals surface area contributed by atoms with Gasteiger partial charge in [0.15, 0.2) is 5.82 Å². The van der Waals surface area contributed by atoms with Crippen LogP contribution in [0.3, 0.4) is 0 Å². The van der Waals surface area contributed by atoms with E-state index in [1.54, 1.807) is 13.0 Å². The van der Waals surface area contributed by atoms with Crippen LogP contribution in [0, 0.1) is 6.92 Å². The summed E-state index contributed by atoms with van der Waals surface area (Å²) in [4.78, 5) is 12.4. The molecule has 25 heavy (non-hydrogen) atoms. The monoisotopic (exact) mass is 376 g/mol. The minimum absolute atomic E-state index is 0.0867. The Morgan fingerprint density at radius 3 is 2.12 bits per heavy atom. The average Bonchev–Trinajstić information content (AvgIpc) is 3.00. The van der Waals surface area contributed by atoms with Crippen molar-refractivity contribution in [1.82, 2.24) is 5.16 Å². The fourth-order valence-corrected chi connectivity index (χ4v) is 3.54. The van der Waals surface area contributed by atoms with E-state index in [0.29, 0.717) is 22.2 Å². The van der Waals surface area contributed by atoms with E-state index in [1.807, 2.05) is 0 Å². The van der Waals surface area contributed by atoms with E-state index in [0.717, 1.165) is 0 Å². The van der Waals surface area contributed by atoms with E-state index >= 15 is 0 Å². The number of aromatic nitrogens is 1. The minimum Gasteiger partial charge on any atom is -0.360 e. The van der Waals surface area contributed by atoms with Gasteiger partial charge in [-0.1, -0.05) is 16.8 Å². The molecular formula is C17H13ClN2O4S. The smallest absolute Gasteiger partial charge is 0.256 e. The Morgan fingerprint density at radius 2 is 1.60 bits per heavy atom. The van der Waals surface area contributed by atoms with Crippen molar-refractivity contribution in [3.63, 3.8) is 0 Å². The van der Waals surface area contributed by atoms with E-state index in [9.17, 15) is 13.2 Å². The zero-order valence-electron chi connectivity index (χ0n) is 13.1. The van der Waals surface area contributed by atoms with Crippen LogP contribution in [0.4, 0.5) is 5.82 Å². The third-order valence-electron chi connectivity index (χ3n) is 3.42. The van der Waals surface area contributed by atoms with Crippen LogP contribution in [0.2, 0.25) is 5.02 Å². The van der Waals surface area contributed by atoms with E-state index in [1.165, 1.54) is 48.5 Å². The van der Waals surface area contributed by atoms with Gasteiger partial charge in [0.05, 0.1) is 9.79 Å². The summed E-state index contributed by atoms with van der Waals surface area (Å²) < 4.78 is 30.0. The number of hydrogen-bond acceptors (Lipinski definition) is 5. The fourth-order valence-electron chi connectivity index (χ4n) is 2.15. The highest BCUT2D eigenvalue weighted by Crippen LogP contribution is 2.23. The zero-order chi connectivity index (χ0) is 18.0. The van der Waals surface area contributed by atoms with Crippen LogP contribution < -0.4 is 5.32 Å². The molecule has 0 aliphatic carbocycles. The number of aryl methyl sites for hydroxylation is 1. The topological polar surface area (TPSA) is 89.3 Å². The number of carbonyl (C=O) groups is 1. The molecule has 128 valence electrons. The molecule has 2 aromatic carbocycles. The first kappa shape index (κ1) is 17.2. The number of nitrogens with zero attached hydrogens (tertiary/aromatic N) is 1. The minimum atomic E-state index is -3.67. The predicted octanol–water partition coefficient (Wildman–Crippen LogP) is 3.72. The molecule has 0 aliphatic heterocycles. The summed E-state index contributed by atoms with van der Waals surface area (Å²) in [6.07, 6.45) is 0. The number of halogens is 1. The molecule has 0 fully saturated rings. The number of amides is 1. The molecule has 3 aromatic rings. The second-order valence-corrected chi connectivity index (χ2v) is 7.64. The number of carbonyl (C=O) groups excluding carboxylic acids is 1. The Bertz CT molecular complexity index is 1010. The highest BCUT2D eigenvalue weighted by atomic mass is 35.5. The van der Waals surface area contributed by atoms with E-state index in [-0.39, 0.29) is 9.79 Å². The molecule has 1 heterocycles. The van der Waals surface area contributed by atoms with Gasteiger partial charge in [-0.2, -0.15) is 0 Å². The van der Waals surface area contributed by atoms with Gasteiger partial charge in [0, 0.05) is 16.7 Å². The van der Waals surface area contributed by atoms with Crippen molar-refractivity contribution in [2.24, 2.45) is 0 Å². The van der Waals surface area contributed by atoms with Crippen LogP contribution in [0.15, 0.2) is 68.9 Å². The van der Waals surface area contributed by atoms with Gasteiger partial charge in [0.1, 0.15) is 5.76 Å². The summed E-state index contributed by atoms with van der Waals surface area (Å²) >= 11 is 5.78. The molecule has 0 bridgehead atoms. The largest absolute Gasteiger partial charge is 0.360 e. The standard InChI is InChI=1S/C17H13ClN2O4S/c1-11-10-16(20-24-11)19-17(21)12-2-6-14(7-3-12)25(22,23)15-8-4-13(18)5-9-15/h2-10H,1H3,(H,19,20,21). The van der Waals surface area contributed by atoms with Crippen LogP contribution >= 0.6 is 11.6 Å². The highest BCUT2D eigenvalue weighted by molar-refractivity contribution is 7.91. The summed E-state index contributed by atoms with van der Waals surface area (Å²) in [6, 6.07) is 13.1. The second-order valence-electron chi connectivity index (χ2n) is 5.26. The van der Waals surface area contributed by atoms with Crippen molar-refractivity contribution in [3.05, 3.63) is 70.9 Å². The summed E-state index contributed by atoms with van der Waals surface area (Å²) in [5, 5.41) is 6.69. The lowest BCUT2D eigenvalue weighted by molar-refractivity contribution is 0.102. The van der Waals surface area contributed by atoms with Crippen LogP contribution in [0.1, 0.15) is 16.1 Å². The second kappa shape index (κ2) is 6.70. The molecule has 0 atom stereocenters. The lowest BCUT2D eigenvalue weighted by atomic mass is 10.2. The highest BCUT2D eigenvalue weighted by Gasteiger charge is 2.18. The van der Waals surface area contributed by atoms with Gasteiger partial charge in [-0.05, 0) is 55.5 Å². The SMILES string of the molecule is Cc1cc(NC(=O)c2ccc(S(=O)(=O)c3ccc(Cl)cc3)cc2)no1. The molecular weight excluding hydrogens is 364 g/mol. The molecule has 3 rings (SSSR count). The molecule has 8 heteroatoms. The van der Waals surface area contributed by atoms with Gasteiger partial charge < -0.3 is 9.84 Å². The van der Waals surface area contributed by atoms with Gasteiger partial charge in [-0.3, -0.25) is 4.79 Å². The summed E-state index contributed by atoms with van der Waals surface area (Å²) in [5.74, 6) is 0.448. The van der Waals surface area contributed by atoms with Crippen molar-refractivity contribution in [2.45, 2.75) is 16.7 Å². The van der Waals surface area contributed by atoms with Crippen molar-refractivity contribution in [1.29, 1.82) is 0 Å². The molecule has 0 radical (unpaired) electrons. The van der Waals surface area contributed by atoms with Crippen LogP contribution in [0.25, 0.3) is 0 Å².